The van der Waals surface area contributed by atoms with Crippen LogP contribution in [0.1, 0.15) is 33.6 Å². The van der Waals surface area contributed by atoms with Crippen LogP contribution in [0.3, 0.4) is 0 Å². The zero-order chi connectivity index (χ0) is 18.2. The summed E-state index contributed by atoms with van der Waals surface area (Å²) >= 11 is 0. The van der Waals surface area contributed by atoms with Crippen molar-refractivity contribution in [3.63, 3.8) is 0 Å². The SMILES string of the molecule is CN([C@@H]1C2CCC(C)([C@@H]1O)C2(C)C)S(=O)(=O)c1[nH]nc2ncccc12. The number of nitrogens with one attached hydrogen (secondary N) is 1. The third kappa shape index (κ3) is 1.96. The maximum atomic E-state index is 13.2. The van der Waals surface area contributed by atoms with Gasteiger partial charge in [0, 0.05) is 18.7 Å². The second kappa shape index (κ2) is 5.02. The number of pyridine rings is 1. The topological polar surface area (TPSA) is 99.2 Å². The molecule has 2 heterocycles. The van der Waals surface area contributed by atoms with Crippen molar-refractivity contribution in [3.8, 4) is 0 Å². The van der Waals surface area contributed by atoms with Crippen LogP contribution in [-0.2, 0) is 10.0 Å². The molecular weight excluding hydrogens is 340 g/mol. The van der Waals surface area contributed by atoms with Gasteiger partial charge in [-0.1, -0.05) is 20.8 Å². The summed E-state index contributed by atoms with van der Waals surface area (Å²) in [6.45, 7) is 6.36. The standard InChI is InChI=1S/C17H24N4O3S/c1-16(2)11-7-8-17(16,3)13(22)12(11)21(4)25(23,24)15-10-6-5-9-18-14(10)19-20-15/h5-6,9,11-13,22H,7-8H2,1-4H3,(H,18,19,20)/t11?,12-,13-,17?/m1/s1. The lowest BCUT2D eigenvalue weighted by atomic mass is 9.70. The number of hydrogen-bond donors (Lipinski definition) is 2. The Morgan fingerprint density at radius 1 is 1.36 bits per heavy atom. The molecule has 7 nitrogen and oxygen atoms in total. The van der Waals surface area contributed by atoms with E-state index in [9.17, 15) is 13.5 Å². The summed E-state index contributed by atoms with van der Waals surface area (Å²) in [7, 11) is -2.26. The number of fused-ring (bicyclic) bond motifs is 3. The molecule has 8 heteroatoms. The Balaban J connectivity index is 1.77. The molecule has 0 radical (unpaired) electrons. The summed E-state index contributed by atoms with van der Waals surface area (Å²) in [5.74, 6) is 0.125. The fourth-order valence-electron chi connectivity index (χ4n) is 5.07. The van der Waals surface area contributed by atoms with E-state index in [4.69, 9.17) is 0 Å². The lowest BCUT2D eigenvalue weighted by Crippen LogP contribution is -2.50. The molecule has 2 fully saturated rings. The van der Waals surface area contributed by atoms with Crippen molar-refractivity contribution >= 4 is 21.1 Å². The molecule has 2 aromatic heterocycles. The van der Waals surface area contributed by atoms with E-state index in [-0.39, 0.29) is 21.8 Å². The number of likely N-dealkylation sites (N-methyl/N-ethyl adjacent to an activating group) is 1. The number of aliphatic hydroxyl groups is 1. The van der Waals surface area contributed by atoms with Gasteiger partial charge in [0.1, 0.15) is 0 Å². The molecule has 2 bridgehead atoms. The van der Waals surface area contributed by atoms with Crippen LogP contribution in [-0.4, -0.2) is 52.2 Å². The van der Waals surface area contributed by atoms with Crippen LogP contribution in [0.25, 0.3) is 11.0 Å². The second-order valence-electron chi connectivity index (χ2n) is 8.17. The van der Waals surface area contributed by atoms with Crippen LogP contribution in [0, 0.1) is 16.7 Å². The molecule has 0 saturated heterocycles. The first-order valence-electron chi connectivity index (χ1n) is 8.57. The minimum Gasteiger partial charge on any atom is -0.391 e. The van der Waals surface area contributed by atoms with Crippen molar-refractivity contribution in [2.24, 2.45) is 16.7 Å². The highest BCUT2D eigenvalue weighted by Gasteiger charge is 2.67. The molecule has 0 spiro atoms. The van der Waals surface area contributed by atoms with E-state index < -0.39 is 22.2 Å². The lowest BCUT2D eigenvalue weighted by molar-refractivity contribution is -0.0105. The highest BCUT2D eigenvalue weighted by Crippen LogP contribution is 2.66. The molecule has 2 N–H and O–H groups in total. The van der Waals surface area contributed by atoms with E-state index in [2.05, 4.69) is 36.0 Å². The summed E-state index contributed by atoms with van der Waals surface area (Å²) in [5, 5.41) is 18.1. The molecule has 2 aliphatic carbocycles. The molecule has 0 aliphatic heterocycles. The van der Waals surface area contributed by atoms with Gasteiger partial charge in [-0.2, -0.15) is 9.40 Å². The van der Waals surface area contributed by atoms with Crippen molar-refractivity contribution < 1.29 is 13.5 Å². The third-order valence-electron chi connectivity index (χ3n) is 7.11. The van der Waals surface area contributed by atoms with Crippen LogP contribution < -0.4 is 0 Å². The minimum absolute atomic E-state index is 0.0380. The van der Waals surface area contributed by atoms with Crippen molar-refractivity contribution in [2.45, 2.75) is 50.8 Å². The van der Waals surface area contributed by atoms with Crippen LogP contribution >= 0.6 is 0 Å². The first-order valence-corrected chi connectivity index (χ1v) is 10.0. The Morgan fingerprint density at radius 2 is 2.08 bits per heavy atom. The van der Waals surface area contributed by atoms with Gasteiger partial charge in [-0.25, -0.2) is 13.4 Å². The first-order chi connectivity index (χ1) is 11.6. The molecule has 2 saturated carbocycles. The summed E-state index contributed by atoms with van der Waals surface area (Å²) in [6, 6.07) is 2.94. The van der Waals surface area contributed by atoms with Gasteiger partial charge in [-0.15, -0.1) is 0 Å². The zero-order valence-electron chi connectivity index (χ0n) is 14.9. The summed E-state index contributed by atoms with van der Waals surface area (Å²) in [4.78, 5) is 4.08. The highest BCUT2D eigenvalue weighted by atomic mass is 32.2. The van der Waals surface area contributed by atoms with Crippen molar-refractivity contribution in [3.05, 3.63) is 18.3 Å². The van der Waals surface area contributed by atoms with E-state index in [1.165, 1.54) is 4.31 Å². The largest absolute Gasteiger partial charge is 0.391 e. The summed E-state index contributed by atoms with van der Waals surface area (Å²) in [5.41, 5.74) is -0.0161. The highest BCUT2D eigenvalue weighted by molar-refractivity contribution is 7.89. The molecular formula is C17H24N4O3S. The predicted octanol–water partition coefficient (Wildman–Crippen LogP) is 1.76. The molecule has 2 aliphatic rings. The van der Waals surface area contributed by atoms with E-state index in [1.54, 1.807) is 25.4 Å². The Morgan fingerprint density at radius 3 is 2.72 bits per heavy atom. The Hall–Kier alpha value is -1.51. The molecule has 4 rings (SSSR count). The number of hydrogen-bond acceptors (Lipinski definition) is 5. The smallest absolute Gasteiger partial charge is 0.260 e. The number of aromatic amines is 1. The molecule has 2 unspecified atom stereocenters. The maximum absolute atomic E-state index is 13.2. The fourth-order valence-corrected chi connectivity index (χ4v) is 6.53. The quantitative estimate of drug-likeness (QED) is 0.865. The Bertz CT molecular complexity index is 938. The van der Waals surface area contributed by atoms with Crippen LogP contribution in [0.2, 0.25) is 0 Å². The average molecular weight is 364 g/mol. The van der Waals surface area contributed by atoms with E-state index in [0.717, 1.165) is 12.8 Å². The number of rotatable bonds is 3. The summed E-state index contributed by atoms with van der Waals surface area (Å²) in [6.07, 6.45) is 2.74. The van der Waals surface area contributed by atoms with E-state index >= 15 is 0 Å². The van der Waals surface area contributed by atoms with Gasteiger partial charge in [-0.05, 0) is 36.3 Å². The van der Waals surface area contributed by atoms with Crippen LogP contribution in [0.4, 0.5) is 0 Å². The van der Waals surface area contributed by atoms with E-state index in [0.29, 0.717) is 11.0 Å². The van der Waals surface area contributed by atoms with Gasteiger partial charge in [0.25, 0.3) is 10.0 Å². The van der Waals surface area contributed by atoms with Crippen LogP contribution in [0.5, 0.6) is 0 Å². The third-order valence-corrected chi connectivity index (χ3v) is 8.94. The Kier molecular flexibility index (Phi) is 3.40. The number of nitrogens with zero attached hydrogens (tertiary/aromatic N) is 3. The van der Waals surface area contributed by atoms with Gasteiger partial charge in [0.15, 0.2) is 10.7 Å². The lowest BCUT2D eigenvalue weighted by Gasteiger charge is -2.38. The Labute approximate surface area is 147 Å². The second-order valence-corrected chi connectivity index (χ2v) is 10.1. The van der Waals surface area contributed by atoms with Gasteiger partial charge >= 0.3 is 0 Å². The van der Waals surface area contributed by atoms with Gasteiger partial charge in [0.05, 0.1) is 17.5 Å². The minimum atomic E-state index is -3.82. The number of H-pyrrole nitrogens is 1. The van der Waals surface area contributed by atoms with Gasteiger partial charge < -0.3 is 5.11 Å². The molecule has 25 heavy (non-hydrogen) atoms. The number of sulfonamides is 1. The molecule has 0 aromatic carbocycles. The first kappa shape index (κ1) is 16.9. The number of aliphatic hydroxyl groups excluding tert-OH is 1. The normalized spacial score (nSPS) is 34.2. The summed E-state index contributed by atoms with van der Waals surface area (Å²) < 4.78 is 27.8. The molecule has 4 atom stereocenters. The van der Waals surface area contributed by atoms with E-state index in [1.807, 2.05) is 0 Å². The van der Waals surface area contributed by atoms with Crippen molar-refractivity contribution in [2.75, 3.05) is 7.05 Å². The van der Waals surface area contributed by atoms with Gasteiger partial charge in [-0.3, -0.25) is 5.10 Å². The monoisotopic (exact) mass is 364 g/mol. The van der Waals surface area contributed by atoms with Crippen molar-refractivity contribution in [1.82, 2.24) is 19.5 Å². The number of aromatic nitrogens is 3. The van der Waals surface area contributed by atoms with Crippen molar-refractivity contribution in [1.29, 1.82) is 0 Å². The molecule has 0 amide bonds. The van der Waals surface area contributed by atoms with Crippen LogP contribution in [0.15, 0.2) is 23.4 Å². The average Bonchev–Trinajstić information content (AvgIpc) is 3.13. The fraction of sp³-hybridized carbons (Fsp3) is 0.647. The molecule has 2 aromatic rings. The zero-order valence-corrected chi connectivity index (χ0v) is 15.7. The maximum Gasteiger partial charge on any atom is 0.260 e. The van der Waals surface area contributed by atoms with Gasteiger partial charge in [0.2, 0.25) is 0 Å². The predicted molar refractivity (Wildman–Crippen MR) is 93.2 cm³/mol. The molecule has 136 valence electrons.